The molecule has 0 spiro atoms. The number of nitrogens with zero attached hydrogens (tertiary/aromatic N) is 2. The molecule has 0 amide bonds. The van der Waals surface area contributed by atoms with Crippen LogP contribution in [0.25, 0.3) is 11.3 Å². The fraction of sp³-hybridized carbons (Fsp3) is 0.278. The maximum Gasteiger partial charge on any atom is 0.306 e. The van der Waals surface area contributed by atoms with Crippen molar-refractivity contribution in [2.75, 3.05) is 0 Å². The molecule has 0 unspecified atom stereocenters. The van der Waals surface area contributed by atoms with Gasteiger partial charge in [-0.3, -0.25) is 4.79 Å². The molecule has 0 fully saturated rings. The Balaban J connectivity index is 1.54. The maximum atomic E-state index is 13.7. The summed E-state index contributed by atoms with van der Waals surface area (Å²) in [5, 5.41) is 7.65. The van der Waals surface area contributed by atoms with Gasteiger partial charge < -0.3 is 13.8 Å². The van der Waals surface area contributed by atoms with Gasteiger partial charge >= 0.3 is 5.97 Å². The van der Waals surface area contributed by atoms with Crippen molar-refractivity contribution in [3.8, 4) is 11.3 Å². The summed E-state index contributed by atoms with van der Waals surface area (Å²) in [7, 11) is 0. The lowest BCUT2D eigenvalue weighted by Gasteiger charge is -2.02. The van der Waals surface area contributed by atoms with E-state index in [1.807, 2.05) is 6.92 Å². The van der Waals surface area contributed by atoms with Crippen molar-refractivity contribution < 1.29 is 23.0 Å². The minimum Gasteiger partial charge on any atom is -0.459 e. The zero-order chi connectivity index (χ0) is 17.8. The summed E-state index contributed by atoms with van der Waals surface area (Å²) in [6.45, 7) is 3.61. The molecule has 2 heterocycles. The number of hydrogen-bond donors (Lipinski definition) is 0. The molecular formula is C18H17FN2O4. The molecule has 0 N–H and O–H groups in total. The number of ether oxygens (including phenoxy) is 1. The highest BCUT2D eigenvalue weighted by atomic mass is 19.1. The fourth-order valence-electron chi connectivity index (χ4n) is 2.48. The molecular weight excluding hydrogens is 327 g/mol. The number of carbonyl (C=O) groups is 1. The van der Waals surface area contributed by atoms with Gasteiger partial charge in [0, 0.05) is 18.1 Å². The number of hydrogen-bond acceptors (Lipinski definition) is 6. The largest absolute Gasteiger partial charge is 0.459 e. The van der Waals surface area contributed by atoms with Gasteiger partial charge in [-0.15, -0.1) is 0 Å². The van der Waals surface area contributed by atoms with E-state index >= 15 is 0 Å². The standard InChI is InChI=1S/C18H17FN2O4/c1-11-14(12(2)24-20-11)7-8-18(22)23-10-13-9-17(25-21-13)15-5-3-4-6-16(15)19/h3-6,9H,7-8,10H2,1-2H3. The number of aromatic nitrogens is 2. The van der Waals surface area contributed by atoms with Gasteiger partial charge in [-0.05, 0) is 32.4 Å². The number of aryl methyl sites for hydroxylation is 2. The smallest absolute Gasteiger partial charge is 0.306 e. The van der Waals surface area contributed by atoms with Crippen LogP contribution in [0.3, 0.4) is 0 Å². The molecule has 3 rings (SSSR count). The van der Waals surface area contributed by atoms with E-state index in [0.717, 1.165) is 11.3 Å². The lowest BCUT2D eigenvalue weighted by Crippen LogP contribution is -2.06. The molecule has 0 saturated carbocycles. The van der Waals surface area contributed by atoms with Crippen molar-refractivity contribution >= 4 is 5.97 Å². The monoisotopic (exact) mass is 344 g/mol. The van der Waals surface area contributed by atoms with Crippen LogP contribution in [0.15, 0.2) is 39.4 Å². The first-order valence-electron chi connectivity index (χ1n) is 7.82. The number of carbonyl (C=O) groups excluding carboxylic acids is 1. The number of benzene rings is 1. The highest BCUT2D eigenvalue weighted by Crippen LogP contribution is 2.23. The van der Waals surface area contributed by atoms with Crippen LogP contribution < -0.4 is 0 Å². The summed E-state index contributed by atoms with van der Waals surface area (Å²) < 4.78 is 29.1. The van der Waals surface area contributed by atoms with Crippen molar-refractivity contribution in [3.05, 3.63) is 58.9 Å². The number of esters is 1. The molecule has 0 radical (unpaired) electrons. The van der Waals surface area contributed by atoms with E-state index in [1.165, 1.54) is 6.07 Å². The maximum absolute atomic E-state index is 13.7. The second-order valence-corrected chi connectivity index (χ2v) is 5.63. The molecule has 7 heteroatoms. The van der Waals surface area contributed by atoms with E-state index in [0.29, 0.717) is 29.2 Å². The minimum absolute atomic E-state index is 0.0294. The second kappa shape index (κ2) is 7.29. The molecule has 0 aliphatic rings. The van der Waals surface area contributed by atoms with Gasteiger partial charge in [0.2, 0.25) is 0 Å². The molecule has 2 aromatic heterocycles. The van der Waals surface area contributed by atoms with Crippen molar-refractivity contribution in [2.45, 2.75) is 33.3 Å². The van der Waals surface area contributed by atoms with Crippen LogP contribution in [-0.4, -0.2) is 16.3 Å². The van der Waals surface area contributed by atoms with Crippen LogP contribution in [0.5, 0.6) is 0 Å². The van der Waals surface area contributed by atoms with Gasteiger partial charge in [0.15, 0.2) is 5.76 Å². The Kier molecular flexibility index (Phi) is 4.92. The normalized spacial score (nSPS) is 10.8. The van der Waals surface area contributed by atoms with Crippen molar-refractivity contribution in [3.63, 3.8) is 0 Å². The lowest BCUT2D eigenvalue weighted by molar-refractivity contribution is -0.145. The molecule has 0 atom stereocenters. The van der Waals surface area contributed by atoms with Gasteiger partial charge in [0.1, 0.15) is 23.9 Å². The van der Waals surface area contributed by atoms with Crippen LogP contribution in [0.1, 0.15) is 29.1 Å². The first-order valence-corrected chi connectivity index (χ1v) is 7.82. The van der Waals surface area contributed by atoms with Crippen molar-refractivity contribution in [1.29, 1.82) is 0 Å². The van der Waals surface area contributed by atoms with Crippen LogP contribution in [-0.2, 0) is 22.6 Å². The highest BCUT2D eigenvalue weighted by Gasteiger charge is 2.14. The molecule has 130 valence electrons. The average molecular weight is 344 g/mol. The first-order chi connectivity index (χ1) is 12.0. The minimum atomic E-state index is -0.401. The Labute approximate surface area is 143 Å². The Bertz CT molecular complexity index is 865. The lowest BCUT2D eigenvalue weighted by atomic mass is 10.1. The zero-order valence-corrected chi connectivity index (χ0v) is 13.9. The van der Waals surface area contributed by atoms with E-state index in [9.17, 15) is 9.18 Å². The Morgan fingerprint density at radius 2 is 2.00 bits per heavy atom. The topological polar surface area (TPSA) is 78.4 Å². The molecule has 25 heavy (non-hydrogen) atoms. The first kappa shape index (κ1) is 16.9. The summed E-state index contributed by atoms with van der Waals surface area (Å²) >= 11 is 0. The second-order valence-electron chi connectivity index (χ2n) is 5.63. The van der Waals surface area contributed by atoms with Crippen molar-refractivity contribution in [1.82, 2.24) is 10.3 Å². The predicted octanol–water partition coefficient (Wildman–Crippen LogP) is 3.76. The summed E-state index contributed by atoms with van der Waals surface area (Å²) in [6.07, 6.45) is 0.709. The highest BCUT2D eigenvalue weighted by molar-refractivity contribution is 5.69. The van der Waals surface area contributed by atoms with E-state index in [2.05, 4.69) is 10.3 Å². The van der Waals surface area contributed by atoms with E-state index in [4.69, 9.17) is 13.8 Å². The van der Waals surface area contributed by atoms with E-state index in [1.54, 1.807) is 31.2 Å². The van der Waals surface area contributed by atoms with Gasteiger partial charge in [-0.2, -0.15) is 0 Å². The SMILES string of the molecule is Cc1noc(C)c1CCC(=O)OCc1cc(-c2ccccc2F)on1. The predicted molar refractivity (Wildman–Crippen MR) is 86.0 cm³/mol. The summed E-state index contributed by atoms with van der Waals surface area (Å²) in [5.74, 6) is 0.230. The summed E-state index contributed by atoms with van der Waals surface area (Å²) in [5.41, 5.74) is 2.42. The molecule has 6 nitrogen and oxygen atoms in total. The van der Waals surface area contributed by atoms with Crippen LogP contribution in [0.2, 0.25) is 0 Å². The van der Waals surface area contributed by atoms with Crippen LogP contribution in [0, 0.1) is 19.7 Å². The van der Waals surface area contributed by atoms with Crippen LogP contribution >= 0.6 is 0 Å². The molecule has 0 saturated heterocycles. The third-order valence-corrected chi connectivity index (χ3v) is 3.84. The third-order valence-electron chi connectivity index (χ3n) is 3.84. The quantitative estimate of drug-likeness (QED) is 0.634. The average Bonchev–Trinajstić information content (AvgIpc) is 3.19. The van der Waals surface area contributed by atoms with E-state index < -0.39 is 5.82 Å². The van der Waals surface area contributed by atoms with Gasteiger partial charge in [0.25, 0.3) is 0 Å². The molecule has 0 bridgehead atoms. The number of halogens is 1. The molecule has 3 aromatic rings. The Morgan fingerprint density at radius 1 is 1.20 bits per heavy atom. The van der Waals surface area contributed by atoms with Gasteiger partial charge in [-0.25, -0.2) is 4.39 Å². The Morgan fingerprint density at radius 3 is 2.72 bits per heavy atom. The Hall–Kier alpha value is -2.96. The third kappa shape index (κ3) is 3.93. The fourth-order valence-corrected chi connectivity index (χ4v) is 2.48. The zero-order valence-electron chi connectivity index (χ0n) is 13.9. The van der Waals surface area contributed by atoms with Gasteiger partial charge in [0.05, 0.1) is 11.3 Å². The molecule has 1 aromatic carbocycles. The van der Waals surface area contributed by atoms with Crippen molar-refractivity contribution in [2.24, 2.45) is 0 Å². The number of rotatable bonds is 6. The van der Waals surface area contributed by atoms with E-state index in [-0.39, 0.29) is 19.0 Å². The summed E-state index contributed by atoms with van der Waals surface area (Å²) in [4.78, 5) is 11.9. The van der Waals surface area contributed by atoms with Gasteiger partial charge in [-0.1, -0.05) is 22.4 Å². The summed E-state index contributed by atoms with van der Waals surface area (Å²) in [6, 6.07) is 7.79. The molecule has 0 aliphatic heterocycles. The molecule has 0 aliphatic carbocycles. The van der Waals surface area contributed by atoms with Crippen LogP contribution in [0.4, 0.5) is 4.39 Å².